The Bertz CT molecular complexity index is 636. The minimum absolute atomic E-state index is 0.120. The van der Waals surface area contributed by atoms with Crippen molar-refractivity contribution in [3.8, 4) is 5.75 Å². The van der Waals surface area contributed by atoms with Crippen molar-refractivity contribution in [3.63, 3.8) is 0 Å². The molecule has 0 fully saturated rings. The van der Waals surface area contributed by atoms with Gasteiger partial charge in [-0.15, -0.1) is 0 Å². The van der Waals surface area contributed by atoms with Crippen molar-refractivity contribution < 1.29 is 9.13 Å². The minimum Gasteiger partial charge on any atom is -0.493 e. The molecule has 0 saturated carbocycles. The Morgan fingerprint density at radius 1 is 1.29 bits per heavy atom. The summed E-state index contributed by atoms with van der Waals surface area (Å²) >= 11 is 9.66. The summed E-state index contributed by atoms with van der Waals surface area (Å²) in [6.07, 6.45) is 0. The zero-order chi connectivity index (χ0) is 15.4. The molecule has 5 heteroatoms. The molecule has 1 atom stereocenters. The van der Waals surface area contributed by atoms with Crippen molar-refractivity contribution in [1.29, 1.82) is 0 Å². The number of hydrogen-bond donors (Lipinski definition) is 1. The quantitative estimate of drug-likeness (QED) is 0.802. The summed E-state index contributed by atoms with van der Waals surface area (Å²) in [5.74, 6) is 0.452. The van der Waals surface area contributed by atoms with Crippen LogP contribution in [0.5, 0.6) is 5.75 Å². The van der Waals surface area contributed by atoms with Gasteiger partial charge in [0.1, 0.15) is 11.6 Å². The molecule has 2 aromatic carbocycles. The first-order valence-electron chi connectivity index (χ1n) is 6.61. The largest absolute Gasteiger partial charge is 0.493 e. The molecule has 0 aliphatic heterocycles. The van der Waals surface area contributed by atoms with Gasteiger partial charge in [-0.25, -0.2) is 4.39 Å². The second-order valence-corrected chi connectivity index (χ2v) is 5.77. The SMILES string of the molecule is CCOc1ccc(C(NC)c2ccc(F)cc2Cl)cc1Br. The summed E-state index contributed by atoms with van der Waals surface area (Å²) in [5.41, 5.74) is 1.85. The van der Waals surface area contributed by atoms with Crippen LogP contribution in [0.15, 0.2) is 40.9 Å². The first-order chi connectivity index (χ1) is 10.1. The molecule has 0 aromatic heterocycles. The molecule has 0 heterocycles. The summed E-state index contributed by atoms with van der Waals surface area (Å²) in [6, 6.07) is 10.2. The van der Waals surface area contributed by atoms with Gasteiger partial charge in [0, 0.05) is 5.02 Å². The van der Waals surface area contributed by atoms with E-state index in [1.54, 1.807) is 6.07 Å². The lowest BCUT2D eigenvalue weighted by molar-refractivity contribution is 0.338. The van der Waals surface area contributed by atoms with E-state index >= 15 is 0 Å². The first kappa shape index (κ1) is 16.3. The molecule has 2 aromatic rings. The standard InChI is InChI=1S/C16H16BrClFNO/c1-3-21-15-7-4-10(8-13(15)17)16(20-2)12-6-5-11(19)9-14(12)18/h4-9,16,20H,3H2,1-2H3. The molecular formula is C16H16BrClFNO. The predicted molar refractivity (Wildman–Crippen MR) is 87.6 cm³/mol. The molecule has 1 N–H and O–H groups in total. The van der Waals surface area contributed by atoms with Crippen LogP contribution in [-0.2, 0) is 0 Å². The third-order valence-electron chi connectivity index (χ3n) is 3.15. The van der Waals surface area contributed by atoms with Crippen LogP contribution in [0.4, 0.5) is 4.39 Å². The fraction of sp³-hybridized carbons (Fsp3) is 0.250. The summed E-state index contributed by atoms with van der Waals surface area (Å²) in [6.45, 7) is 2.55. The molecule has 0 aliphatic rings. The average Bonchev–Trinajstić information content (AvgIpc) is 2.45. The van der Waals surface area contributed by atoms with E-state index in [0.29, 0.717) is 11.6 Å². The highest BCUT2D eigenvalue weighted by Gasteiger charge is 2.17. The van der Waals surface area contributed by atoms with Gasteiger partial charge in [0.05, 0.1) is 17.1 Å². The number of nitrogens with one attached hydrogen (secondary N) is 1. The molecular weight excluding hydrogens is 357 g/mol. The van der Waals surface area contributed by atoms with Gasteiger partial charge in [-0.05, 0) is 65.3 Å². The summed E-state index contributed by atoms with van der Waals surface area (Å²) in [4.78, 5) is 0. The van der Waals surface area contributed by atoms with Crippen molar-refractivity contribution in [3.05, 3.63) is 62.8 Å². The van der Waals surface area contributed by atoms with Crippen molar-refractivity contribution in [1.82, 2.24) is 5.32 Å². The Morgan fingerprint density at radius 3 is 2.62 bits per heavy atom. The third-order valence-corrected chi connectivity index (χ3v) is 4.10. The molecule has 0 radical (unpaired) electrons. The number of hydrogen-bond acceptors (Lipinski definition) is 2. The molecule has 112 valence electrons. The van der Waals surface area contributed by atoms with E-state index in [9.17, 15) is 4.39 Å². The fourth-order valence-electron chi connectivity index (χ4n) is 2.21. The van der Waals surface area contributed by atoms with Crippen LogP contribution in [0, 0.1) is 5.82 Å². The van der Waals surface area contributed by atoms with Crippen molar-refractivity contribution in [2.75, 3.05) is 13.7 Å². The third kappa shape index (κ3) is 3.76. The van der Waals surface area contributed by atoms with Gasteiger partial charge in [-0.2, -0.15) is 0 Å². The highest BCUT2D eigenvalue weighted by atomic mass is 79.9. The van der Waals surface area contributed by atoms with Gasteiger partial charge in [0.15, 0.2) is 0 Å². The number of ether oxygens (including phenoxy) is 1. The van der Waals surface area contributed by atoms with Gasteiger partial charge in [0.2, 0.25) is 0 Å². The summed E-state index contributed by atoms with van der Waals surface area (Å²) < 4.78 is 19.6. The van der Waals surface area contributed by atoms with E-state index in [0.717, 1.165) is 21.3 Å². The van der Waals surface area contributed by atoms with Crippen LogP contribution in [0.2, 0.25) is 5.02 Å². The Hall–Kier alpha value is -1.10. The maximum Gasteiger partial charge on any atom is 0.133 e. The molecule has 1 unspecified atom stereocenters. The average molecular weight is 373 g/mol. The number of benzene rings is 2. The fourth-order valence-corrected chi connectivity index (χ4v) is 2.99. The molecule has 2 rings (SSSR count). The van der Waals surface area contributed by atoms with E-state index in [1.807, 2.05) is 32.2 Å². The smallest absolute Gasteiger partial charge is 0.133 e. The number of halogens is 3. The summed E-state index contributed by atoms with van der Waals surface area (Å²) in [7, 11) is 1.84. The monoisotopic (exact) mass is 371 g/mol. The van der Waals surface area contributed by atoms with Gasteiger partial charge in [0.25, 0.3) is 0 Å². The highest BCUT2D eigenvalue weighted by Crippen LogP contribution is 2.33. The van der Waals surface area contributed by atoms with Crippen LogP contribution in [0.1, 0.15) is 24.1 Å². The van der Waals surface area contributed by atoms with Crippen molar-refractivity contribution in [2.45, 2.75) is 13.0 Å². The van der Waals surface area contributed by atoms with Crippen LogP contribution >= 0.6 is 27.5 Å². The van der Waals surface area contributed by atoms with E-state index in [2.05, 4.69) is 21.2 Å². The second kappa shape index (κ2) is 7.25. The van der Waals surface area contributed by atoms with Gasteiger partial charge < -0.3 is 10.1 Å². The molecule has 0 saturated heterocycles. The van der Waals surface area contributed by atoms with Crippen LogP contribution in [-0.4, -0.2) is 13.7 Å². The first-order valence-corrected chi connectivity index (χ1v) is 7.78. The Labute approximate surface area is 137 Å². The van der Waals surface area contributed by atoms with Crippen LogP contribution in [0.3, 0.4) is 0 Å². The molecule has 0 amide bonds. The van der Waals surface area contributed by atoms with E-state index < -0.39 is 0 Å². The highest BCUT2D eigenvalue weighted by molar-refractivity contribution is 9.10. The lowest BCUT2D eigenvalue weighted by Crippen LogP contribution is -2.18. The zero-order valence-electron chi connectivity index (χ0n) is 11.8. The molecule has 0 aliphatic carbocycles. The minimum atomic E-state index is -0.341. The van der Waals surface area contributed by atoms with Crippen LogP contribution < -0.4 is 10.1 Å². The topological polar surface area (TPSA) is 21.3 Å². The van der Waals surface area contributed by atoms with Gasteiger partial charge in [-0.3, -0.25) is 0 Å². The normalized spacial score (nSPS) is 12.2. The molecule has 0 bridgehead atoms. The number of rotatable bonds is 5. The molecule has 0 spiro atoms. The van der Waals surface area contributed by atoms with E-state index in [4.69, 9.17) is 16.3 Å². The van der Waals surface area contributed by atoms with Gasteiger partial charge >= 0.3 is 0 Å². The van der Waals surface area contributed by atoms with Crippen molar-refractivity contribution in [2.24, 2.45) is 0 Å². The maximum atomic E-state index is 13.2. The van der Waals surface area contributed by atoms with Gasteiger partial charge in [-0.1, -0.05) is 23.7 Å². The Morgan fingerprint density at radius 2 is 2.05 bits per heavy atom. The maximum absolute atomic E-state index is 13.2. The van der Waals surface area contributed by atoms with E-state index in [1.165, 1.54) is 12.1 Å². The lowest BCUT2D eigenvalue weighted by Gasteiger charge is -2.19. The molecule has 21 heavy (non-hydrogen) atoms. The Balaban J connectivity index is 2.39. The Kier molecular flexibility index (Phi) is 5.62. The van der Waals surface area contributed by atoms with Crippen molar-refractivity contribution >= 4 is 27.5 Å². The second-order valence-electron chi connectivity index (χ2n) is 4.51. The van der Waals surface area contributed by atoms with Crippen LogP contribution in [0.25, 0.3) is 0 Å². The summed E-state index contributed by atoms with van der Waals surface area (Å²) in [5, 5.41) is 3.61. The zero-order valence-corrected chi connectivity index (χ0v) is 14.1. The molecule has 2 nitrogen and oxygen atoms in total. The lowest BCUT2D eigenvalue weighted by atomic mass is 9.98. The predicted octanol–water partition coefficient (Wildman–Crippen LogP) is 4.95. The van der Waals surface area contributed by atoms with E-state index in [-0.39, 0.29) is 11.9 Å².